The molecule has 0 bridgehead atoms. The van der Waals surface area contributed by atoms with Crippen LogP contribution in [0.5, 0.6) is 0 Å². The Labute approximate surface area is 98.1 Å². The van der Waals surface area contributed by atoms with Crippen LogP contribution in [0.25, 0.3) is 0 Å². The molecule has 1 unspecified atom stereocenters. The van der Waals surface area contributed by atoms with Crippen molar-refractivity contribution in [2.24, 2.45) is 5.92 Å². The molecule has 1 fully saturated rings. The van der Waals surface area contributed by atoms with Crippen molar-refractivity contribution in [2.75, 3.05) is 0 Å². The van der Waals surface area contributed by atoms with Gasteiger partial charge in [0.15, 0.2) is 5.25 Å². The minimum Gasteiger partial charge on any atom is -0.211 e. The largest absolute Gasteiger partial charge is 0.227 e. The lowest BCUT2D eigenvalue weighted by Gasteiger charge is -2.28. The molecule has 1 aliphatic rings. The van der Waals surface area contributed by atoms with Crippen LogP contribution < -0.4 is 4.72 Å². The lowest BCUT2D eigenvalue weighted by molar-refractivity contribution is 0.306. The summed E-state index contributed by atoms with van der Waals surface area (Å²) >= 11 is 0. The molecule has 0 radical (unpaired) electrons. The minimum absolute atomic E-state index is 0.0311. The van der Waals surface area contributed by atoms with E-state index >= 15 is 0 Å². The summed E-state index contributed by atoms with van der Waals surface area (Å²) in [5, 5.41) is 7.65. The maximum absolute atomic E-state index is 11.6. The van der Waals surface area contributed by atoms with Gasteiger partial charge in [-0.2, -0.15) is 5.26 Å². The molecular weight excluding hydrogens is 224 g/mol. The maximum Gasteiger partial charge on any atom is 0.227 e. The van der Waals surface area contributed by atoms with E-state index in [2.05, 4.69) is 11.6 Å². The smallest absolute Gasteiger partial charge is 0.211 e. The Morgan fingerprint density at radius 1 is 1.38 bits per heavy atom. The third-order valence-corrected chi connectivity index (χ3v) is 5.10. The van der Waals surface area contributed by atoms with Crippen LogP contribution in [0, 0.1) is 17.2 Å². The van der Waals surface area contributed by atoms with E-state index in [4.69, 9.17) is 5.26 Å². The van der Waals surface area contributed by atoms with Crippen LogP contribution in [-0.2, 0) is 10.0 Å². The van der Waals surface area contributed by atoms with Crippen LogP contribution in [0.15, 0.2) is 0 Å². The Bertz CT molecular complexity index is 351. The highest BCUT2D eigenvalue weighted by Gasteiger charge is 2.27. The Morgan fingerprint density at radius 2 is 1.94 bits per heavy atom. The van der Waals surface area contributed by atoms with Gasteiger partial charge in [-0.1, -0.05) is 13.3 Å². The number of nitriles is 1. The van der Waals surface area contributed by atoms with Crippen LogP contribution >= 0.6 is 0 Å². The van der Waals surface area contributed by atoms with Crippen molar-refractivity contribution >= 4 is 10.0 Å². The number of hydrogen-bond donors (Lipinski definition) is 1. The highest BCUT2D eigenvalue weighted by Crippen LogP contribution is 2.26. The molecule has 0 spiro atoms. The van der Waals surface area contributed by atoms with E-state index in [0.29, 0.717) is 0 Å². The number of hydrogen-bond acceptors (Lipinski definition) is 3. The van der Waals surface area contributed by atoms with Crippen LogP contribution in [0.1, 0.15) is 46.0 Å². The zero-order valence-electron chi connectivity index (χ0n) is 9.94. The molecule has 0 aliphatic heterocycles. The van der Waals surface area contributed by atoms with Crippen molar-refractivity contribution in [3.63, 3.8) is 0 Å². The number of sulfonamides is 1. The highest BCUT2D eigenvalue weighted by molar-refractivity contribution is 7.90. The first-order chi connectivity index (χ1) is 7.49. The quantitative estimate of drug-likeness (QED) is 0.819. The van der Waals surface area contributed by atoms with Crippen molar-refractivity contribution < 1.29 is 8.42 Å². The van der Waals surface area contributed by atoms with E-state index < -0.39 is 15.3 Å². The molecule has 4 nitrogen and oxygen atoms in total. The Balaban J connectivity index is 2.49. The average molecular weight is 244 g/mol. The van der Waals surface area contributed by atoms with Gasteiger partial charge in [-0.3, -0.25) is 0 Å². The molecule has 1 aliphatic carbocycles. The van der Waals surface area contributed by atoms with Crippen molar-refractivity contribution in [2.45, 2.75) is 57.2 Å². The van der Waals surface area contributed by atoms with Crippen molar-refractivity contribution in [3.8, 4) is 6.07 Å². The van der Waals surface area contributed by atoms with Gasteiger partial charge in [-0.05, 0) is 38.5 Å². The summed E-state index contributed by atoms with van der Waals surface area (Å²) in [4.78, 5) is 0. The maximum atomic E-state index is 11.6. The fraction of sp³-hybridized carbons (Fsp3) is 0.909. The molecule has 1 saturated carbocycles. The Hall–Kier alpha value is -0.600. The summed E-state index contributed by atoms with van der Waals surface area (Å²) < 4.78 is 25.9. The Morgan fingerprint density at radius 3 is 2.38 bits per heavy atom. The molecule has 1 N–H and O–H groups in total. The van der Waals surface area contributed by atoms with Gasteiger partial charge in [0.25, 0.3) is 0 Å². The van der Waals surface area contributed by atoms with Crippen LogP contribution in [0.3, 0.4) is 0 Å². The van der Waals surface area contributed by atoms with E-state index in [-0.39, 0.29) is 6.04 Å². The summed E-state index contributed by atoms with van der Waals surface area (Å²) in [5.41, 5.74) is 0. The molecule has 0 aromatic rings. The van der Waals surface area contributed by atoms with E-state index in [1.807, 2.05) is 0 Å². The fourth-order valence-corrected chi connectivity index (χ4v) is 3.14. The van der Waals surface area contributed by atoms with Gasteiger partial charge in [0.2, 0.25) is 10.0 Å². The molecule has 5 heteroatoms. The average Bonchev–Trinajstić information content (AvgIpc) is 2.28. The highest BCUT2D eigenvalue weighted by atomic mass is 32.2. The first-order valence-electron chi connectivity index (χ1n) is 5.90. The number of rotatable bonds is 4. The molecule has 1 rings (SSSR count). The predicted molar refractivity (Wildman–Crippen MR) is 63.2 cm³/mol. The normalized spacial score (nSPS) is 28.3. The summed E-state index contributed by atoms with van der Waals surface area (Å²) in [5.74, 6) is 0.745. The van der Waals surface area contributed by atoms with E-state index in [9.17, 15) is 8.42 Å². The molecule has 0 amide bonds. The predicted octanol–water partition coefficient (Wildman–Crippen LogP) is 1.79. The van der Waals surface area contributed by atoms with Gasteiger partial charge < -0.3 is 0 Å². The second kappa shape index (κ2) is 5.65. The summed E-state index contributed by atoms with van der Waals surface area (Å²) in [6, 6.07) is 1.80. The lowest BCUT2D eigenvalue weighted by atomic mass is 9.85. The third-order valence-electron chi connectivity index (χ3n) is 3.40. The van der Waals surface area contributed by atoms with Gasteiger partial charge >= 0.3 is 0 Å². The first-order valence-corrected chi connectivity index (χ1v) is 7.45. The van der Waals surface area contributed by atoms with Crippen LogP contribution in [0.2, 0.25) is 0 Å². The molecule has 0 heterocycles. The van der Waals surface area contributed by atoms with Gasteiger partial charge in [0, 0.05) is 6.04 Å². The molecular formula is C11H20N2O2S. The summed E-state index contributed by atoms with van der Waals surface area (Å²) in [6.45, 7) is 3.59. The van der Waals surface area contributed by atoms with Crippen LogP contribution in [-0.4, -0.2) is 19.7 Å². The van der Waals surface area contributed by atoms with E-state index in [1.54, 1.807) is 6.07 Å². The van der Waals surface area contributed by atoms with Gasteiger partial charge in [-0.25, -0.2) is 13.1 Å². The van der Waals surface area contributed by atoms with E-state index in [0.717, 1.165) is 31.6 Å². The molecule has 16 heavy (non-hydrogen) atoms. The Kier molecular flexibility index (Phi) is 4.75. The second-order valence-electron chi connectivity index (χ2n) is 4.56. The molecule has 0 saturated heterocycles. The summed E-state index contributed by atoms with van der Waals surface area (Å²) in [7, 11) is -3.45. The number of nitrogens with zero attached hydrogens (tertiary/aromatic N) is 1. The van der Waals surface area contributed by atoms with Crippen LogP contribution in [0.4, 0.5) is 0 Å². The minimum atomic E-state index is -3.45. The number of nitrogens with one attached hydrogen (secondary N) is 1. The van der Waals surface area contributed by atoms with E-state index in [1.165, 1.54) is 13.3 Å². The molecule has 92 valence electrons. The zero-order valence-corrected chi connectivity index (χ0v) is 10.8. The monoisotopic (exact) mass is 244 g/mol. The van der Waals surface area contributed by atoms with Gasteiger partial charge in [-0.15, -0.1) is 0 Å². The van der Waals surface area contributed by atoms with Gasteiger partial charge in [0.05, 0.1) is 6.07 Å². The second-order valence-corrected chi connectivity index (χ2v) is 6.59. The van der Waals surface area contributed by atoms with Gasteiger partial charge in [0.1, 0.15) is 0 Å². The van der Waals surface area contributed by atoms with Crippen molar-refractivity contribution in [3.05, 3.63) is 0 Å². The third kappa shape index (κ3) is 3.46. The fourth-order valence-electron chi connectivity index (χ4n) is 2.09. The van der Waals surface area contributed by atoms with Crippen molar-refractivity contribution in [1.82, 2.24) is 4.72 Å². The molecule has 1 atom stereocenters. The first kappa shape index (κ1) is 13.5. The lowest BCUT2D eigenvalue weighted by Crippen LogP contribution is -2.41. The standard InChI is InChI=1S/C11H20N2O2S/c1-3-10-4-6-11(7-5-10)13-16(14,15)9(2)8-12/h9-11,13H,3-7H2,1-2H3. The topological polar surface area (TPSA) is 70.0 Å². The molecule has 0 aromatic heterocycles. The summed E-state index contributed by atoms with van der Waals surface area (Å²) in [6.07, 6.45) is 5.15. The SMILES string of the molecule is CCC1CCC(NS(=O)(=O)C(C)C#N)CC1. The zero-order chi connectivity index (χ0) is 12.2. The van der Waals surface area contributed by atoms with Crippen molar-refractivity contribution in [1.29, 1.82) is 5.26 Å². The molecule has 0 aromatic carbocycles.